The second-order valence-electron chi connectivity index (χ2n) is 5.22. The molecule has 84 valence electrons. The van der Waals surface area contributed by atoms with Crippen LogP contribution in [-0.4, -0.2) is 17.5 Å². The zero-order chi connectivity index (χ0) is 10.8. The van der Waals surface area contributed by atoms with E-state index in [4.69, 9.17) is 4.74 Å². The predicted molar refractivity (Wildman–Crippen MR) is 64.9 cm³/mol. The van der Waals surface area contributed by atoms with E-state index >= 15 is 0 Å². The van der Waals surface area contributed by atoms with Crippen LogP contribution in [-0.2, 0) is 4.74 Å². The largest absolute Gasteiger partial charge is 0.379 e. The quantitative estimate of drug-likeness (QED) is 0.696. The lowest BCUT2D eigenvalue weighted by Gasteiger charge is -2.26. The summed E-state index contributed by atoms with van der Waals surface area (Å²) in [7, 11) is 1.81. The van der Waals surface area contributed by atoms with Crippen molar-refractivity contribution in [1.29, 1.82) is 0 Å². The van der Waals surface area contributed by atoms with Gasteiger partial charge in [-0.25, -0.2) is 0 Å². The highest BCUT2D eigenvalue weighted by Gasteiger charge is 2.31. The van der Waals surface area contributed by atoms with Gasteiger partial charge in [0.1, 0.15) is 0 Å². The summed E-state index contributed by atoms with van der Waals surface area (Å²) in [5.41, 5.74) is 0.0596. The van der Waals surface area contributed by atoms with Gasteiger partial charge in [0.25, 0.3) is 0 Å². The highest BCUT2D eigenvalue weighted by atomic mass is 79.9. The van der Waals surface area contributed by atoms with Crippen molar-refractivity contribution >= 4 is 15.9 Å². The normalized spacial score (nSPS) is 33.6. The summed E-state index contributed by atoms with van der Waals surface area (Å²) in [6.07, 6.45) is 5.22. The molecule has 2 heteroatoms. The minimum atomic E-state index is 0.0596. The summed E-state index contributed by atoms with van der Waals surface area (Å²) in [6, 6.07) is 0. The molecular weight excluding hydrogens is 240 g/mol. The maximum atomic E-state index is 5.45. The van der Waals surface area contributed by atoms with Crippen LogP contribution in [0.15, 0.2) is 0 Å². The van der Waals surface area contributed by atoms with Crippen LogP contribution in [0, 0.1) is 11.8 Å². The summed E-state index contributed by atoms with van der Waals surface area (Å²) < 4.78 is 5.45. The topological polar surface area (TPSA) is 9.23 Å². The first kappa shape index (κ1) is 12.5. The van der Waals surface area contributed by atoms with Gasteiger partial charge in [0.15, 0.2) is 0 Å². The third-order valence-corrected chi connectivity index (χ3v) is 5.09. The lowest BCUT2D eigenvalue weighted by atomic mass is 9.89. The van der Waals surface area contributed by atoms with Crippen LogP contribution in [0.25, 0.3) is 0 Å². The summed E-state index contributed by atoms with van der Waals surface area (Å²) in [6.45, 7) is 6.73. The van der Waals surface area contributed by atoms with E-state index in [9.17, 15) is 0 Å². The molecule has 14 heavy (non-hydrogen) atoms. The Morgan fingerprint density at radius 2 is 2.00 bits per heavy atom. The fourth-order valence-electron chi connectivity index (χ4n) is 2.24. The van der Waals surface area contributed by atoms with E-state index in [0.29, 0.717) is 0 Å². The first-order valence-corrected chi connectivity index (χ1v) is 6.57. The molecule has 1 rings (SSSR count). The molecule has 0 spiro atoms. The Morgan fingerprint density at radius 3 is 2.43 bits per heavy atom. The van der Waals surface area contributed by atoms with Crippen molar-refractivity contribution in [2.45, 2.75) is 56.9 Å². The minimum Gasteiger partial charge on any atom is -0.379 e. The van der Waals surface area contributed by atoms with Gasteiger partial charge >= 0.3 is 0 Å². The molecule has 0 N–H and O–H groups in total. The van der Waals surface area contributed by atoms with Gasteiger partial charge in [0.05, 0.1) is 5.60 Å². The first-order chi connectivity index (χ1) is 6.46. The lowest BCUT2D eigenvalue weighted by Crippen LogP contribution is -2.24. The molecule has 1 aliphatic carbocycles. The molecule has 0 aliphatic heterocycles. The molecular formula is C12H23BrO. The lowest BCUT2D eigenvalue weighted by molar-refractivity contribution is 0.00937. The van der Waals surface area contributed by atoms with Gasteiger partial charge < -0.3 is 4.74 Å². The average molecular weight is 263 g/mol. The predicted octanol–water partition coefficient (Wildman–Crippen LogP) is 4.00. The molecule has 0 saturated heterocycles. The zero-order valence-electron chi connectivity index (χ0n) is 9.85. The molecule has 0 bridgehead atoms. The van der Waals surface area contributed by atoms with E-state index in [-0.39, 0.29) is 5.60 Å². The molecule has 0 radical (unpaired) electrons. The average Bonchev–Trinajstić information content (AvgIpc) is 2.45. The second-order valence-corrected chi connectivity index (χ2v) is 6.39. The van der Waals surface area contributed by atoms with E-state index < -0.39 is 0 Å². The molecule has 3 unspecified atom stereocenters. The fraction of sp³-hybridized carbons (Fsp3) is 1.00. The van der Waals surface area contributed by atoms with Crippen molar-refractivity contribution in [3.63, 3.8) is 0 Å². The van der Waals surface area contributed by atoms with Gasteiger partial charge in [-0.1, -0.05) is 22.9 Å². The van der Waals surface area contributed by atoms with Crippen molar-refractivity contribution in [3.05, 3.63) is 0 Å². The van der Waals surface area contributed by atoms with Gasteiger partial charge in [-0.3, -0.25) is 0 Å². The summed E-state index contributed by atoms with van der Waals surface area (Å²) >= 11 is 3.75. The standard InChI is InChI=1S/C12H23BrO/c1-9-10(5-6-11(9)13)7-8-12(2,3)14-4/h9-11H,5-8H2,1-4H3. The summed E-state index contributed by atoms with van der Waals surface area (Å²) in [4.78, 5) is 0.748. The number of rotatable bonds is 4. The maximum absolute atomic E-state index is 5.45. The van der Waals surface area contributed by atoms with Crippen LogP contribution < -0.4 is 0 Å². The van der Waals surface area contributed by atoms with E-state index in [1.54, 1.807) is 0 Å². The van der Waals surface area contributed by atoms with Crippen molar-refractivity contribution in [1.82, 2.24) is 0 Å². The zero-order valence-corrected chi connectivity index (χ0v) is 11.4. The Balaban J connectivity index is 2.32. The molecule has 0 heterocycles. The van der Waals surface area contributed by atoms with E-state index in [1.165, 1.54) is 25.7 Å². The minimum absolute atomic E-state index is 0.0596. The first-order valence-electron chi connectivity index (χ1n) is 5.65. The van der Waals surface area contributed by atoms with Gasteiger partial charge in [-0.15, -0.1) is 0 Å². The van der Waals surface area contributed by atoms with Gasteiger partial charge in [0.2, 0.25) is 0 Å². The van der Waals surface area contributed by atoms with Crippen LogP contribution >= 0.6 is 15.9 Å². The summed E-state index contributed by atoms with van der Waals surface area (Å²) in [5, 5.41) is 0. The van der Waals surface area contributed by atoms with Gasteiger partial charge in [-0.05, 0) is 51.4 Å². The smallest absolute Gasteiger partial charge is 0.0622 e. The second kappa shape index (κ2) is 4.98. The highest BCUT2D eigenvalue weighted by Crippen LogP contribution is 2.39. The van der Waals surface area contributed by atoms with E-state index in [0.717, 1.165) is 16.7 Å². The Kier molecular flexibility index (Phi) is 4.45. The third kappa shape index (κ3) is 3.23. The van der Waals surface area contributed by atoms with Gasteiger partial charge in [0, 0.05) is 11.9 Å². The molecule has 1 saturated carbocycles. The van der Waals surface area contributed by atoms with Crippen LogP contribution in [0.4, 0.5) is 0 Å². The Labute approximate surface area is 96.7 Å². The molecule has 0 amide bonds. The molecule has 1 nitrogen and oxygen atoms in total. The van der Waals surface area contributed by atoms with Gasteiger partial charge in [-0.2, -0.15) is 0 Å². The maximum Gasteiger partial charge on any atom is 0.0622 e. The van der Waals surface area contributed by atoms with E-state index in [2.05, 4.69) is 36.7 Å². The Hall–Kier alpha value is 0.440. The third-order valence-electron chi connectivity index (χ3n) is 3.80. The van der Waals surface area contributed by atoms with Crippen molar-refractivity contribution < 1.29 is 4.74 Å². The van der Waals surface area contributed by atoms with Crippen molar-refractivity contribution in [3.8, 4) is 0 Å². The molecule has 0 aromatic carbocycles. The summed E-state index contributed by atoms with van der Waals surface area (Å²) in [5.74, 6) is 1.73. The molecule has 3 atom stereocenters. The van der Waals surface area contributed by atoms with Crippen molar-refractivity contribution in [2.75, 3.05) is 7.11 Å². The number of alkyl halides is 1. The molecule has 1 aliphatic rings. The van der Waals surface area contributed by atoms with Crippen LogP contribution in [0.2, 0.25) is 0 Å². The van der Waals surface area contributed by atoms with E-state index in [1.807, 2.05) is 7.11 Å². The highest BCUT2D eigenvalue weighted by molar-refractivity contribution is 9.09. The number of halogens is 1. The number of ether oxygens (including phenoxy) is 1. The number of hydrogen-bond acceptors (Lipinski definition) is 1. The van der Waals surface area contributed by atoms with Crippen LogP contribution in [0.3, 0.4) is 0 Å². The van der Waals surface area contributed by atoms with Crippen LogP contribution in [0.5, 0.6) is 0 Å². The SMILES string of the molecule is COC(C)(C)CCC1CCC(Br)C1C. The monoisotopic (exact) mass is 262 g/mol. The number of hydrogen-bond donors (Lipinski definition) is 0. The molecule has 1 fully saturated rings. The van der Waals surface area contributed by atoms with Crippen LogP contribution in [0.1, 0.15) is 46.5 Å². The number of methoxy groups -OCH3 is 1. The molecule has 0 aromatic rings. The molecule has 0 aromatic heterocycles. The fourth-order valence-corrected chi connectivity index (χ4v) is 2.93. The van der Waals surface area contributed by atoms with Crippen molar-refractivity contribution in [2.24, 2.45) is 11.8 Å². The Morgan fingerprint density at radius 1 is 1.36 bits per heavy atom. The Bertz CT molecular complexity index is 179.